The lowest BCUT2D eigenvalue weighted by Crippen LogP contribution is -2.44. The number of nitrogens with zero attached hydrogens (tertiary/aromatic N) is 3. The number of nitrogens with one attached hydrogen (secondary N) is 2. The predicted octanol–water partition coefficient (Wildman–Crippen LogP) is 4.39. The van der Waals surface area contributed by atoms with Crippen LogP contribution in [0.2, 0.25) is 5.02 Å². The Bertz CT molecular complexity index is 1240. The monoisotopic (exact) mass is 499 g/mol. The number of benzene rings is 2. The van der Waals surface area contributed by atoms with Crippen LogP contribution < -0.4 is 15.5 Å². The lowest BCUT2D eigenvalue weighted by atomic mass is 10.1. The van der Waals surface area contributed by atoms with Crippen LogP contribution in [-0.2, 0) is 0 Å². The molecule has 0 saturated carbocycles. The number of halogens is 1. The Labute approximate surface area is 206 Å². The molecule has 3 aromatic rings. The van der Waals surface area contributed by atoms with Gasteiger partial charge in [-0.3, -0.25) is 20.2 Å². The molecule has 1 aliphatic rings. The molecule has 176 valence electrons. The third-order valence-electron chi connectivity index (χ3n) is 5.47. The zero-order valence-corrected chi connectivity index (χ0v) is 19.9. The maximum Gasteiger partial charge on any atom is 0.293 e. The van der Waals surface area contributed by atoms with E-state index in [0.29, 0.717) is 10.7 Å². The van der Waals surface area contributed by atoms with E-state index in [9.17, 15) is 14.9 Å². The summed E-state index contributed by atoms with van der Waals surface area (Å²) in [7, 11) is 2.09. The molecule has 0 atom stereocenters. The van der Waals surface area contributed by atoms with E-state index in [1.165, 1.54) is 18.2 Å². The SMILES string of the molecule is CN1CCN(c2ccc(NC(=S)NC(=O)c3ccc(-c4ccccc4[N+](=O)[O-])o3)cc2Cl)CC1. The highest BCUT2D eigenvalue weighted by atomic mass is 35.5. The summed E-state index contributed by atoms with van der Waals surface area (Å²) in [5.74, 6) is -0.397. The molecular formula is C23H22ClN5O4S. The number of amides is 1. The van der Waals surface area contributed by atoms with Gasteiger partial charge in [-0.2, -0.15) is 0 Å². The predicted molar refractivity (Wildman–Crippen MR) is 136 cm³/mol. The number of carbonyl (C=O) groups is 1. The minimum absolute atomic E-state index is 0.0271. The first kappa shape index (κ1) is 23.7. The third-order valence-corrected chi connectivity index (χ3v) is 5.98. The smallest absolute Gasteiger partial charge is 0.293 e. The van der Waals surface area contributed by atoms with Crippen molar-refractivity contribution in [1.29, 1.82) is 0 Å². The molecule has 1 saturated heterocycles. The number of nitro benzene ring substituents is 1. The number of carbonyl (C=O) groups excluding carboxylic acids is 1. The van der Waals surface area contributed by atoms with Gasteiger partial charge < -0.3 is 19.5 Å². The van der Waals surface area contributed by atoms with Crippen LogP contribution >= 0.6 is 23.8 Å². The van der Waals surface area contributed by atoms with Gasteiger partial charge >= 0.3 is 0 Å². The van der Waals surface area contributed by atoms with Gasteiger partial charge in [0.15, 0.2) is 10.9 Å². The molecular weight excluding hydrogens is 478 g/mol. The van der Waals surface area contributed by atoms with Gasteiger partial charge in [0.05, 0.1) is 21.2 Å². The summed E-state index contributed by atoms with van der Waals surface area (Å²) in [6, 6.07) is 14.6. The van der Waals surface area contributed by atoms with Crippen molar-refractivity contribution in [1.82, 2.24) is 10.2 Å². The number of rotatable bonds is 5. The second-order valence-corrected chi connectivity index (χ2v) is 8.62. The van der Waals surface area contributed by atoms with E-state index in [-0.39, 0.29) is 27.9 Å². The molecule has 9 nitrogen and oxygen atoms in total. The first-order valence-electron chi connectivity index (χ1n) is 10.5. The summed E-state index contributed by atoms with van der Waals surface area (Å²) in [4.78, 5) is 27.8. The number of para-hydroxylation sites is 1. The molecule has 0 bridgehead atoms. The largest absolute Gasteiger partial charge is 0.451 e. The van der Waals surface area contributed by atoms with Crippen LogP contribution in [0, 0.1) is 10.1 Å². The second-order valence-electron chi connectivity index (χ2n) is 7.80. The van der Waals surface area contributed by atoms with Crippen molar-refractivity contribution in [3.63, 3.8) is 0 Å². The number of anilines is 2. The van der Waals surface area contributed by atoms with Crippen LogP contribution in [0.5, 0.6) is 0 Å². The fourth-order valence-electron chi connectivity index (χ4n) is 3.66. The van der Waals surface area contributed by atoms with Gasteiger partial charge in [-0.1, -0.05) is 23.7 Å². The van der Waals surface area contributed by atoms with Crippen molar-refractivity contribution in [2.45, 2.75) is 0 Å². The molecule has 1 aromatic heterocycles. The number of hydrogen-bond donors (Lipinski definition) is 2. The van der Waals surface area contributed by atoms with E-state index in [4.69, 9.17) is 28.2 Å². The number of piperazine rings is 1. The molecule has 1 fully saturated rings. The summed E-state index contributed by atoms with van der Waals surface area (Å²) >= 11 is 11.7. The van der Waals surface area contributed by atoms with Crippen LogP contribution in [0.4, 0.5) is 17.1 Å². The fraction of sp³-hybridized carbons (Fsp3) is 0.217. The number of hydrogen-bond acceptors (Lipinski definition) is 7. The third kappa shape index (κ3) is 5.36. The average Bonchev–Trinajstić information content (AvgIpc) is 3.30. The maximum absolute atomic E-state index is 12.6. The van der Waals surface area contributed by atoms with Gasteiger partial charge in [0, 0.05) is 37.9 Å². The highest BCUT2D eigenvalue weighted by Gasteiger charge is 2.20. The van der Waals surface area contributed by atoms with Crippen molar-refractivity contribution in [3.05, 3.63) is 75.5 Å². The van der Waals surface area contributed by atoms with Crippen LogP contribution in [0.1, 0.15) is 10.6 Å². The first-order chi connectivity index (χ1) is 16.3. The van der Waals surface area contributed by atoms with Gasteiger partial charge in [0.2, 0.25) is 0 Å². The average molecular weight is 500 g/mol. The van der Waals surface area contributed by atoms with Crippen molar-refractivity contribution in [2.75, 3.05) is 43.4 Å². The van der Waals surface area contributed by atoms with Crippen molar-refractivity contribution < 1.29 is 14.1 Å². The minimum atomic E-state index is -0.581. The molecule has 0 spiro atoms. The maximum atomic E-state index is 12.6. The zero-order valence-electron chi connectivity index (χ0n) is 18.3. The Balaban J connectivity index is 1.39. The number of thiocarbonyl (C=S) groups is 1. The quantitative estimate of drug-likeness (QED) is 0.302. The summed E-state index contributed by atoms with van der Waals surface area (Å²) in [5, 5.41) is 17.4. The summed E-state index contributed by atoms with van der Waals surface area (Å²) < 4.78 is 5.55. The van der Waals surface area contributed by atoms with E-state index < -0.39 is 10.8 Å². The van der Waals surface area contributed by atoms with E-state index in [1.54, 1.807) is 24.3 Å². The summed E-state index contributed by atoms with van der Waals surface area (Å²) in [6.07, 6.45) is 0. The van der Waals surface area contributed by atoms with Crippen molar-refractivity contribution in [3.8, 4) is 11.3 Å². The van der Waals surface area contributed by atoms with E-state index in [0.717, 1.165) is 31.9 Å². The molecule has 2 heterocycles. The molecule has 1 aliphatic heterocycles. The highest BCUT2D eigenvalue weighted by Crippen LogP contribution is 2.31. The van der Waals surface area contributed by atoms with Gasteiger partial charge in [-0.15, -0.1) is 0 Å². The topological polar surface area (TPSA) is 104 Å². The van der Waals surface area contributed by atoms with Crippen molar-refractivity contribution in [2.24, 2.45) is 0 Å². The van der Waals surface area contributed by atoms with Gasteiger partial charge in [0.1, 0.15) is 5.76 Å². The first-order valence-corrected chi connectivity index (χ1v) is 11.3. The molecule has 0 aliphatic carbocycles. The summed E-state index contributed by atoms with van der Waals surface area (Å²) in [6.45, 7) is 3.74. The van der Waals surface area contributed by atoms with Crippen LogP contribution in [0.15, 0.2) is 59.0 Å². The van der Waals surface area contributed by atoms with Gasteiger partial charge in [-0.05, 0) is 55.7 Å². The zero-order chi connectivity index (χ0) is 24.2. The molecule has 0 radical (unpaired) electrons. The van der Waals surface area contributed by atoms with E-state index in [1.807, 2.05) is 12.1 Å². The van der Waals surface area contributed by atoms with E-state index in [2.05, 4.69) is 27.5 Å². The molecule has 2 N–H and O–H groups in total. The Morgan fingerprint density at radius 2 is 1.85 bits per heavy atom. The fourth-order valence-corrected chi connectivity index (χ4v) is 4.17. The lowest BCUT2D eigenvalue weighted by molar-refractivity contribution is -0.384. The van der Waals surface area contributed by atoms with Gasteiger partial charge in [-0.25, -0.2) is 0 Å². The molecule has 2 aromatic carbocycles. The van der Waals surface area contributed by atoms with E-state index >= 15 is 0 Å². The molecule has 34 heavy (non-hydrogen) atoms. The van der Waals surface area contributed by atoms with Crippen molar-refractivity contribution >= 4 is 51.9 Å². The standard InChI is InChI=1S/C23H22ClN5O4S/c1-27-10-12-28(13-11-27)19-7-6-15(14-17(19)24)25-23(34)26-22(30)21-9-8-20(33-21)16-4-2-3-5-18(16)29(31)32/h2-9,14H,10-13H2,1H3,(H2,25,26,30,34). The molecule has 4 rings (SSSR count). The second kappa shape index (κ2) is 10.2. The molecule has 1 amide bonds. The Hall–Kier alpha value is -3.47. The Morgan fingerprint density at radius 3 is 2.56 bits per heavy atom. The van der Waals surface area contributed by atoms with Crippen LogP contribution in [0.25, 0.3) is 11.3 Å². The number of furan rings is 1. The minimum Gasteiger partial charge on any atom is -0.451 e. The van der Waals surface area contributed by atoms with Crippen LogP contribution in [-0.4, -0.2) is 54.1 Å². The molecule has 11 heteroatoms. The summed E-state index contributed by atoms with van der Waals surface area (Å²) in [5.41, 5.74) is 1.75. The Morgan fingerprint density at radius 1 is 1.12 bits per heavy atom. The van der Waals surface area contributed by atoms with Gasteiger partial charge in [0.25, 0.3) is 11.6 Å². The Kier molecular flexibility index (Phi) is 7.11. The number of nitro groups is 1. The normalized spacial score (nSPS) is 14.0. The molecule has 0 unspecified atom stereocenters. The lowest BCUT2D eigenvalue weighted by Gasteiger charge is -2.34. The van der Waals surface area contributed by atoms with Crippen LogP contribution in [0.3, 0.4) is 0 Å². The number of likely N-dealkylation sites (N-methyl/N-ethyl adjacent to an activating group) is 1. The highest BCUT2D eigenvalue weighted by molar-refractivity contribution is 7.80.